The summed E-state index contributed by atoms with van der Waals surface area (Å²) in [5, 5.41) is 9.17. The number of carbonyl (C=O) groups is 1. The molecular formula is C16H16O4S. The number of carboxylic acid groups (broad SMARTS) is 1. The van der Waals surface area contributed by atoms with Crippen molar-refractivity contribution < 1.29 is 18.8 Å². The summed E-state index contributed by atoms with van der Waals surface area (Å²) >= 11 is 0. The van der Waals surface area contributed by atoms with Gasteiger partial charge in [-0.15, -0.1) is 0 Å². The predicted octanol–water partition coefficient (Wildman–Crippen LogP) is 3.01. The van der Waals surface area contributed by atoms with Gasteiger partial charge in [-0.3, -0.25) is 4.21 Å². The van der Waals surface area contributed by atoms with Gasteiger partial charge in [0.15, 0.2) is 0 Å². The molecule has 4 nitrogen and oxygen atoms in total. The second-order valence-corrected chi connectivity index (χ2v) is 6.03. The maximum Gasteiger partial charge on any atom is 0.336 e. The van der Waals surface area contributed by atoms with Crippen molar-refractivity contribution in [3.05, 3.63) is 59.2 Å². The Hall–Kier alpha value is -2.14. The van der Waals surface area contributed by atoms with E-state index in [0.29, 0.717) is 10.6 Å². The van der Waals surface area contributed by atoms with E-state index in [0.717, 1.165) is 11.1 Å². The molecule has 0 aliphatic heterocycles. The van der Waals surface area contributed by atoms with Crippen molar-refractivity contribution in [2.75, 3.05) is 7.11 Å². The molecule has 5 heteroatoms. The lowest BCUT2D eigenvalue weighted by molar-refractivity contribution is 0.0693. The maximum absolute atomic E-state index is 12.5. The van der Waals surface area contributed by atoms with Crippen LogP contribution in [0.15, 0.2) is 47.4 Å². The summed E-state index contributed by atoms with van der Waals surface area (Å²) in [6.45, 7) is 1.94. The van der Waals surface area contributed by atoms with Crippen molar-refractivity contribution in [2.45, 2.75) is 17.6 Å². The molecule has 0 aliphatic rings. The number of ether oxygens (including phenoxy) is 1. The van der Waals surface area contributed by atoms with Gasteiger partial charge >= 0.3 is 5.97 Å². The molecule has 0 heterocycles. The number of aryl methyl sites for hydroxylation is 1. The predicted molar refractivity (Wildman–Crippen MR) is 81.2 cm³/mol. The smallest absolute Gasteiger partial charge is 0.336 e. The Bertz CT molecular complexity index is 694. The topological polar surface area (TPSA) is 63.6 Å². The molecule has 0 fully saturated rings. The van der Waals surface area contributed by atoms with E-state index in [9.17, 15) is 9.00 Å². The highest BCUT2D eigenvalue weighted by Crippen LogP contribution is 2.24. The molecule has 0 aromatic heterocycles. The molecule has 0 radical (unpaired) electrons. The number of hydrogen-bond acceptors (Lipinski definition) is 3. The molecule has 1 N–H and O–H groups in total. The van der Waals surface area contributed by atoms with E-state index in [1.54, 1.807) is 25.3 Å². The van der Waals surface area contributed by atoms with Gasteiger partial charge in [-0.25, -0.2) is 4.79 Å². The first-order valence-corrected chi connectivity index (χ1v) is 7.69. The van der Waals surface area contributed by atoms with E-state index in [1.165, 1.54) is 6.07 Å². The average molecular weight is 304 g/mol. The minimum atomic E-state index is -1.45. The summed E-state index contributed by atoms with van der Waals surface area (Å²) in [6, 6.07) is 12.0. The van der Waals surface area contributed by atoms with Gasteiger partial charge in [0.2, 0.25) is 0 Å². The third-order valence-electron chi connectivity index (χ3n) is 3.09. The molecule has 2 aromatic rings. The first-order chi connectivity index (χ1) is 10.0. The zero-order chi connectivity index (χ0) is 15.4. The van der Waals surface area contributed by atoms with Crippen molar-refractivity contribution in [1.82, 2.24) is 0 Å². The highest BCUT2D eigenvalue weighted by Gasteiger charge is 2.16. The van der Waals surface area contributed by atoms with Crippen LogP contribution >= 0.6 is 0 Å². The van der Waals surface area contributed by atoms with Gasteiger partial charge in [0.25, 0.3) is 0 Å². The number of benzene rings is 2. The summed E-state index contributed by atoms with van der Waals surface area (Å²) < 4.78 is 17.8. The lowest BCUT2D eigenvalue weighted by Gasteiger charge is -2.10. The minimum absolute atomic E-state index is 0.0717. The van der Waals surface area contributed by atoms with Crippen LogP contribution in [0.2, 0.25) is 0 Å². The Morgan fingerprint density at radius 2 is 1.95 bits per heavy atom. The molecule has 0 spiro atoms. The summed E-state index contributed by atoms with van der Waals surface area (Å²) in [6.07, 6.45) is 0. The van der Waals surface area contributed by atoms with Crippen LogP contribution in [0.25, 0.3) is 0 Å². The summed E-state index contributed by atoms with van der Waals surface area (Å²) in [4.78, 5) is 11.5. The molecule has 2 rings (SSSR count). The molecule has 0 saturated carbocycles. The number of aromatic carboxylic acids is 1. The molecule has 0 aliphatic carbocycles. The number of methoxy groups -OCH3 is 1. The molecule has 110 valence electrons. The SMILES string of the molecule is COc1ccc(C)cc1CS(=O)c1ccccc1C(=O)O. The second-order valence-electron chi connectivity index (χ2n) is 4.61. The van der Waals surface area contributed by atoms with E-state index >= 15 is 0 Å². The van der Waals surface area contributed by atoms with Crippen LogP contribution in [-0.4, -0.2) is 22.4 Å². The maximum atomic E-state index is 12.5. The van der Waals surface area contributed by atoms with Crippen LogP contribution in [0.5, 0.6) is 5.75 Å². The zero-order valence-electron chi connectivity index (χ0n) is 11.8. The molecular weight excluding hydrogens is 288 g/mol. The quantitative estimate of drug-likeness (QED) is 0.922. The van der Waals surface area contributed by atoms with Gasteiger partial charge in [-0.1, -0.05) is 29.8 Å². The van der Waals surface area contributed by atoms with Gasteiger partial charge in [0.1, 0.15) is 5.75 Å². The normalized spacial score (nSPS) is 11.9. The van der Waals surface area contributed by atoms with E-state index in [2.05, 4.69) is 0 Å². The van der Waals surface area contributed by atoms with Crippen molar-refractivity contribution in [1.29, 1.82) is 0 Å². The van der Waals surface area contributed by atoms with Crippen LogP contribution in [0, 0.1) is 6.92 Å². The highest BCUT2D eigenvalue weighted by molar-refractivity contribution is 7.84. The third kappa shape index (κ3) is 3.49. The van der Waals surface area contributed by atoms with Crippen molar-refractivity contribution in [3.8, 4) is 5.75 Å². The van der Waals surface area contributed by atoms with Crippen molar-refractivity contribution in [3.63, 3.8) is 0 Å². The summed E-state index contributed by atoms with van der Waals surface area (Å²) in [5.41, 5.74) is 1.91. The lowest BCUT2D eigenvalue weighted by atomic mass is 10.1. The Morgan fingerprint density at radius 3 is 2.62 bits per heavy atom. The van der Waals surface area contributed by atoms with Crippen molar-refractivity contribution >= 4 is 16.8 Å². The van der Waals surface area contributed by atoms with Gasteiger partial charge in [-0.05, 0) is 25.1 Å². The molecule has 0 bridgehead atoms. The van der Waals surface area contributed by atoms with E-state index in [4.69, 9.17) is 9.84 Å². The lowest BCUT2D eigenvalue weighted by Crippen LogP contribution is -2.06. The second kappa shape index (κ2) is 6.54. The number of hydrogen-bond donors (Lipinski definition) is 1. The van der Waals surface area contributed by atoms with Gasteiger partial charge in [0.05, 0.1) is 34.1 Å². The Balaban J connectivity index is 2.35. The van der Waals surface area contributed by atoms with E-state index in [1.807, 2.05) is 25.1 Å². The Morgan fingerprint density at radius 1 is 1.24 bits per heavy atom. The van der Waals surface area contributed by atoms with E-state index < -0.39 is 16.8 Å². The van der Waals surface area contributed by atoms with Crippen LogP contribution < -0.4 is 4.74 Å². The average Bonchev–Trinajstić information content (AvgIpc) is 2.47. The summed E-state index contributed by atoms with van der Waals surface area (Å²) in [7, 11) is 0.110. The van der Waals surface area contributed by atoms with Crippen LogP contribution in [0.1, 0.15) is 21.5 Å². The summed E-state index contributed by atoms with van der Waals surface area (Å²) in [5.74, 6) is -0.202. The standard InChI is InChI=1S/C16H16O4S/c1-11-7-8-14(20-2)12(9-11)10-21(19)15-6-4-3-5-13(15)16(17)18/h3-9H,10H2,1-2H3,(H,17,18). The molecule has 1 atom stereocenters. The van der Waals surface area contributed by atoms with Gasteiger partial charge < -0.3 is 9.84 Å². The highest BCUT2D eigenvalue weighted by atomic mass is 32.2. The minimum Gasteiger partial charge on any atom is -0.496 e. The molecule has 1 unspecified atom stereocenters. The Kier molecular flexibility index (Phi) is 4.75. The monoisotopic (exact) mass is 304 g/mol. The molecule has 2 aromatic carbocycles. The van der Waals surface area contributed by atoms with Gasteiger partial charge in [-0.2, -0.15) is 0 Å². The fourth-order valence-electron chi connectivity index (χ4n) is 2.08. The van der Waals surface area contributed by atoms with Crippen LogP contribution in [0.4, 0.5) is 0 Å². The van der Waals surface area contributed by atoms with Crippen LogP contribution in [0.3, 0.4) is 0 Å². The third-order valence-corrected chi connectivity index (χ3v) is 4.51. The van der Waals surface area contributed by atoms with Crippen molar-refractivity contribution in [2.24, 2.45) is 0 Å². The zero-order valence-corrected chi connectivity index (χ0v) is 12.6. The fourth-order valence-corrected chi connectivity index (χ4v) is 3.38. The molecule has 21 heavy (non-hydrogen) atoms. The largest absolute Gasteiger partial charge is 0.496 e. The molecule has 0 amide bonds. The number of carboxylic acids is 1. The Labute approximate surface area is 125 Å². The number of rotatable bonds is 5. The molecule has 0 saturated heterocycles. The first kappa shape index (κ1) is 15.3. The van der Waals surface area contributed by atoms with E-state index in [-0.39, 0.29) is 11.3 Å². The van der Waals surface area contributed by atoms with Crippen LogP contribution in [-0.2, 0) is 16.6 Å². The first-order valence-electron chi connectivity index (χ1n) is 6.37. The fraction of sp³-hybridized carbons (Fsp3) is 0.188. The van der Waals surface area contributed by atoms with Gasteiger partial charge in [0, 0.05) is 5.56 Å².